The maximum absolute atomic E-state index is 13.8. The predicted molar refractivity (Wildman–Crippen MR) is 56.2 cm³/mol. The molecule has 2 rings (SSSR count). The second-order valence-corrected chi connectivity index (χ2v) is 4.32. The Morgan fingerprint density at radius 1 is 1.53 bits per heavy atom. The van der Waals surface area contributed by atoms with Gasteiger partial charge in [-0.2, -0.15) is 0 Å². The molecule has 82 valence electrons. The summed E-state index contributed by atoms with van der Waals surface area (Å²) >= 11 is 0. The number of nitrogens with zero attached hydrogens (tertiary/aromatic N) is 1. The summed E-state index contributed by atoms with van der Waals surface area (Å²) in [5.74, 6) is -0.261. The third-order valence-electron chi connectivity index (χ3n) is 3.42. The van der Waals surface area contributed by atoms with E-state index in [1.165, 1.54) is 6.07 Å². The fourth-order valence-electron chi connectivity index (χ4n) is 2.13. The van der Waals surface area contributed by atoms with Gasteiger partial charge in [-0.25, -0.2) is 4.39 Å². The Labute approximate surface area is 89.2 Å². The molecule has 0 amide bonds. The lowest BCUT2D eigenvalue weighted by atomic mass is 9.67. The van der Waals surface area contributed by atoms with Crippen molar-refractivity contribution in [2.45, 2.75) is 38.0 Å². The number of aromatic nitrogens is 1. The Hall–Kier alpha value is -0.960. The monoisotopic (exact) mass is 209 g/mol. The molecule has 0 saturated heterocycles. The lowest BCUT2D eigenvalue weighted by Crippen LogP contribution is -2.39. The van der Waals surface area contributed by atoms with Gasteiger partial charge in [0.25, 0.3) is 0 Å². The van der Waals surface area contributed by atoms with Gasteiger partial charge in [-0.3, -0.25) is 4.98 Å². The van der Waals surface area contributed by atoms with Crippen LogP contribution in [0.15, 0.2) is 12.3 Å². The van der Waals surface area contributed by atoms with Gasteiger partial charge in [0.15, 0.2) is 0 Å². The highest BCUT2D eigenvalue weighted by molar-refractivity contribution is 5.25. The van der Waals surface area contributed by atoms with Crippen LogP contribution in [0.2, 0.25) is 0 Å². The van der Waals surface area contributed by atoms with E-state index in [4.69, 9.17) is 0 Å². The molecule has 1 fully saturated rings. The first-order valence-electron chi connectivity index (χ1n) is 5.47. The number of hydrogen-bond donors (Lipinski definition) is 1. The molecule has 1 heterocycles. The predicted octanol–water partition coefficient (Wildman–Crippen LogP) is 2.20. The molecule has 0 radical (unpaired) electrons. The molecular formula is C12H16FNO. The van der Waals surface area contributed by atoms with E-state index >= 15 is 0 Å². The standard InChI is InChI=1S/C12H16FNO/c1-2-9-6-10(13)11(14-7-9)12(8-15)4-3-5-12/h6-7,15H,2-5,8H2,1H3. The van der Waals surface area contributed by atoms with Crippen molar-refractivity contribution in [3.05, 3.63) is 29.3 Å². The lowest BCUT2D eigenvalue weighted by Gasteiger charge is -2.39. The summed E-state index contributed by atoms with van der Waals surface area (Å²) in [5.41, 5.74) is 0.966. The first-order chi connectivity index (χ1) is 7.22. The van der Waals surface area contributed by atoms with Crippen LogP contribution in [0, 0.1) is 5.82 Å². The molecule has 2 nitrogen and oxygen atoms in total. The summed E-state index contributed by atoms with van der Waals surface area (Å²) in [5, 5.41) is 9.33. The summed E-state index contributed by atoms with van der Waals surface area (Å²) in [7, 11) is 0. The van der Waals surface area contributed by atoms with Gasteiger partial charge >= 0.3 is 0 Å². The lowest BCUT2D eigenvalue weighted by molar-refractivity contribution is 0.112. The van der Waals surface area contributed by atoms with E-state index in [0.29, 0.717) is 5.69 Å². The first-order valence-corrected chi connectivity index (χ1v) is 5.47. The molecule has 3 heteroatoms. The first kappa shape index (κ1) is 10.6. The minimum atomic E-state index is -0.393. The van der Waals surface area contributed by atoms with Crippen LogP contribution in [-0.2, 0) is 11.8 Å². The van der Waals surface area contributed by atoms with E-state index in [-0.39, 0.29) is 12.4 Å². The fourth-order valence-corrected chi connectivity index (χ4v) is 2.13. The average molecular weight is 209 g/mol. The van der Waals surface area contributed by atoms with Gasteiger partial charge in [0, 0.05) is 11.6 Å². The Bertz CT molecular complexity index is 355. The SMILES string of the molecule is CCc1cnc(C2(CO)CCC2)c(F)c1. The Morgan fingerprint density at radius 2 is 2.27 bits per heavy atom. The van der Waals surface area contributed by atoms with Crippen LogP contribution < -0.4 is 0 Å². The summed E-state index contributed by atoms with van der Waals surface area (Å²) in [6, 6.07) is 1.54. The van der Waals surface area contributed by atoms with Crippen LogP contribution in [0.25, 0.3) is 0 Å². The van der Waals surface area contributed by atoms with Crippen molar-refractivity contribution >= 4 is 0 Å². The molecular weight excluding hydrogens is 193 g/mol. The van der Waals surface area contributed by atoms with Crippen molar-refractivity contribution in [3.63, 3.8) is 0 Å². The van der Waals surface area contributed by atoms with Crippen LogP contribution in [-0.4, -0.2) is 16.7 Å². The van der Waals surface area contributed by atoms with Gasteiger partial charge in [-0.05, 0) is 30.9 Å². The minimum Gasteiger partial charge on any atom is -0.395 e. The topological polar surface area (TPSA) is 33.1 Å². The largest absolute Gasteiger partial charge is 0.395 e. The molecule has 0 atom stereocenters. The molecule has 0 spiro atoms. The highest BCUT2D eigenvalue weighted by Crippen LogP contribution is 2.43. The van der Waals surface area contributed by atoms with E-state index in [1.54, 1.807) is 6.20 Å². The maximum Gasteiger partial charge on any atom is 0.145 e. The zero-order valence-corrected chi connectivity index (χ0v) is 8.96. The average Bonchev–Trinajstić information content (AvgIpc) is 2.19. The molecule has 0 aliphatic heterocycles. The van der Waals surface area contributed by atoms with Gasteiger partial charge < -0.3 is 5.11 Å². The zero-order chi connectivity index (χ0) is 10.9. The second-order valence-electron chi connectivity index (χ2n) is 4.32. The van der Waals surface area contributed by atoms with Gasteiger partial charge in [0.1, 0.15) is 5.82 Å². The van der Waals surface area contributed by atoms with Crippen molar-refractivity contribution < 1.29 is 9.50 Å². The number of aliphatic hydroxyl groups is 1. The van der Waals surface area contributed by atoms with E-state index in [2.05, 4.69) is 4.98 Å². The molecule has 15 heavy (non-hydrogen) atoms. The Morgan fingerprint density at radius 3 is 2.67 bits per heavy atom. The molecule has 1 aromatic rings. The summed E-state index contributed by atoms with van der Waals surface area (Å²) in [6.07, 6.45) is 5.25. The van der Waals surface area contributed by atoms with E-state index in [9.17, 15) is 9.50 Å². The third-order valence-corrected chi connectivity index (χ3v) is 3.42. The zero-order valence-electron chi connectivity index (χ0n) is 8.96. The second kappa shape index (κ2) is 3.89. The van der Waals surface area contributed by atoms with Gasteiger partial charge in [0.2, 0.25) is 0 Å². The number of hydrogen-bond acceptors (Lipinski definition) is 2. The van der Waals surface area contributed by atoms with Crippen LogP contribution in [0.5, 0.6) is 0 Å². The van der Waals surface area contributed by atoms with Crippen molar-refractivity contribution in [1.29, 1.82) is 0 Å². The summed E-state index contributed by atoms with van der Waals surface area (Å²) in [4.78, 5) is 4.18. The van der Waals surface area contributed by atoms with Crippen LogP contribution in [0.3, 0.4) is 0 Å². The molecule has 1 N–H and O–H groups in total. The van der Waals surface area contributed by atoms with Crippen LogP contribution >= 0.6 is 0 Å². The normalized spacial score (nSPS) is 18.6. The maximum atomic E-state index is 13.8. The number of rotatable bonds is 3. The Kier molecular flexibility index (Phi) is 2.74. The molecule has 0 aromatic carbocycles. The van der Waals surface area contributed by atoms with Crippen molar-refractivity contribution in [3.8, 4) is 0 Å². The number of halogens is 1. The van der Waals surface area contributed by atoms with Gasteiger partial charge in [0.05, 0.1) is 12.3 Å². The third kappa shape index (κ3) is 1.65. The molecule has 1 aliphatic rings. The smallest absolute Gasteiger partial charge is 0.145 e. The van der Waals surface area contributed by atoms with E-state index < -0.39 is 5.41 Å². The van der Waals surface area contributed by atoms with Crippen molar-refractivity contribution in [2.75, 3.05) is 6.61 Å². The fraction of sp³-hybridized carbons (Fsp3) is 0.583. The highest BCUT2D eigenvalue weighted by atomic mass is 19.1. The summed E-state index contributed by atoms with van der Waals surface area (Å²) in [6.45, 7) is 1.98. The summed E-state index contributed by atoms with van der Waals surface area (Å²) < 4.78 is 13.8. The molecule has 1 aliphatic carbocycles. The van der Waals surface area contributed by atoms with Crippen molar-refractivity contribution in [1.82, 2.24) is 4.98 Å². The number of pyridine rings is 1. The molecule has 0 unspecified atom stereocenters. The number of aliphatic hydroxyl groups excluding tert-OH is 1. The number of aryl methyl sites for hydroxylation is 1. The van der Waals surface area contributed by atoms with E-state index in [0.717, 1.165) is 31.2 Å². The minimum absolute atomic E-state index is 0.00237. The quantitative estimate of drug-likeness (QED) is 0.827. The molecule has 1 saturated carbocycles. The van der Waals surface area contributed by atoms with E-state index in [1.807, 2.05) is 6.92 Å². The van der Waals surface area contributed by atoms with Crippen LogP contribution in [0.4, 0.5) is 4.39 Å². The molecule has 0 bridgehead atoms. The van der Waals surface area contributed by atoms with Gasteiger partial charge in [-0.1, -0.05) is 13.3 Å². The van der Waals surface area contributed by atoms with Crippen LogP contribution in [0.1, 0.15) is 37.4 Å². The highest BCUT2D eigenvalue weighted by Gasteiger charge is 2.41. The van der Waals surface area contributed by atoms with Crippen molar-refractivity contribution in [2.24, 2.45) is 0 Å². The van der Waals surface area contributed by atoms with Gasteiger partial charge in [-0.15, -0.1) is 0 Å². The Balaban J connectivity index is 2.36. The molecule has 1 aromatic heterocycles.